The highest BCUT2D eigenvalue weighted by Crippen LogP contribution is 2.26. The van der Waals surface area contributed by atoms with Gasteiger partial charge in [0.05, 0.1) is 0 Å². The first-order valence-electron chi connectivity index (χ1n) is 5.25. The summed E-state index contributed by atoms with van der Waals surface area (Å²) in [7, 11) is 0. The van der Waals surface area contributed by atoms with Crippen LogP contribution in [0.2, 0.25) is 0 Å². The Kier molecular flexibility index (Phi) is 4.14. The fraction of sp³-hybridized carbons (Fsp3) is 0.0714. The lowest BCUT2D eigenvalue weighted by atomic mass is 9.92. The second-order valence-electron chi connectivity index (χ2n) is 3.65. The summed E-state index contributed by atoms with van der Waals surface area (Å²) in [5.41, 5.74) is 1.89. The summed E-state index contributed by atoms with van der Waals surface area (Å²) >= 11 is 1.63. The number of benzene rings is 2. The second-order valence-corrected chi connectivity index (χ2v) is 4.09. The minimum Gasteiger partial charge on any atom is -0.394 e. The van der Waals surface area contributed by atoms with Crippen molar-refractivity contribution in [2.24, 2.45) is 0 Å². The van der Waals surface area contributed by atoms with Gasteiger partial charge >= 0.3 is 5.97 Å². The molecule has 17 heavy (non-hydrogen) atoms. The highest BCUT2D eigenvalue weighted by molar-refractivity contribution is 14.1. The van der Waals surface area contributed by atoms with Gasteiger partial charge in [0.25, 0.3) is 0 Å². The lowest BCUT2D eigenvalue weighted by Gasteiger charge is -2.14. The molecule has 0 N–H and O–H groups in total. The summed E-state index contributed by atoms with van der Waals surface area (Å²) in [6.45, 7) is 0. The maximum atomic E-state index is 11.9. The van der Waals surface area contributed by atoms with Gasteiger partial charge in [-0.3, -0.25) is 4.79 Å². The van der Waals surface area contributed by atoms with Crippen LogP contribution in [0.25, 0.3) is 0 Å². The van der Waals surface area contributed by atoms with Crippen LogP contribution in [-0.2, 0) is 7.86 Å². The van der Waals surface area contributed by atoms with Crippen LogP contribution in [-0.4, -0.2) is 5.97 Å². The van der Waals surface area contributed by atoms with Gasteiger partial charge in [-0.2, -0.15) is 0 Å². The summed E-state index contributed by atoms with van der Waals surface area (Å²) < 4.78 is 4.85. The minimum atomic E-state index is -0.353. The molecule has 0 aliphatic carbocycles. The SMILES string of the molecule is O=C(OI)C(c1ccccc1)c1ccccc1. The van der Waals surface area contributed by atoms with E-state index in [-0.39, 0.29) is 11.9 Å². The largest absolute Gasteiger partial charge is 0.394 e. The Morgan fingerprint density at radius 2 is 1.29 bits per heavy atom. The van der Waals surface area contributed by atoms with E-state index in [1.54, 1.807) is 23.0 Å². The molecule has 0 aliphatic heterocycles. The molecule has 2 nitrogen and oxygen atoms in total. The van der Waals surface area contributed by atoms with Crippen molar-refractivity contribution < 1.29 is 7.86 Å². The van der Waals surface area contributed by atoms with Crippen LogP contribution in [0.5, 0.6) is 0 Å². The van der Waals surface area contributed by atoms with Crippen LogP contribution < -0.4 is 0 Å². The van der Waals surface area contributed by atoms with E-state index < -0.39 is 0 Å². The lowest BCUT2D eigenvalue weighted by Crippen LogP contribution is -2.13. The zero-order valence-electron chi connectivity index (χ0n) is 9.05. The van der Waals surface area contributed by atoms with E-state index in [2.05, 4.69) is 0 Å². The van der Waals surface area contributed by atoms with Gasteiger partial charge in [-0.05, 0) is 11.1 Å². The molecule has 0 radical (unpaired) electrons. The first-order valence-corrected chi connectivity index (χ1v) is 6.13. The zero-order valence-corrected chi connectivity index (χ0v) is 11.2. The fourth-order valence-corrected chi connectivity index (χ4v) is 2.05. The van der Waals surface area contributed by atoms with E-state index in [4.69, 9.17) is 3.07 Å². The molecule has 0 saturated heterocycles. The van der Waals surface area contributed by atoms with Crippen molar-refractivity contribution in [3.8, 4) is 0 Å². The summed E-state index contributed by atoms with van der Waals surface area (Å²) in [4.78, 5) is 11.9. The molecule has 0 bridgehead atoms. The van der Waals surface area contributed by atoms with Crippen molar-refractivity contribution in [2.45, 2.75) is 5.92 Å². The molecule has 2 aromatic carbocycles. The Labute approximate surface area is 114 Å². The van der Waals surface area contributed by atoms with E-state index in [1.165, 1.54) is 0 Å². The van der Waals surface area contributed by atoms with Crippen molar-refractivity contribution >= 4 is 29.0 Å². The minimum absolute atomic E-state index is 0.247. The molecule has 86 valence electrons. The molecule has 0 aliphatic rings. The van der Waals surface area contributed by atoms with E-state index in [1.807, 2.05) is 60.7 Å². The maximum absolute atomic E-state index is 11.9. The number of rotatable bonds is 3. The quantitative estimate of drug-likeness (QED) is 0.798. The molecule has 2 rings (SSSR count). The lowest BCUT2D eigenvalue weighted by molar-refractivity contribution is -0.132. The van der Waals surface area contributed by atoms with Crippen LogP contribution in [0.4, 0.5) is 0 Å². The van der Waals surface area contributed by atoms with Gasteiger partial charge < -0.3 is 3.07 Å². The summed E-state index contributed by atoms with van der Waals surface area (Å²) in [6.07, 6.45) is 0. The highest BCUT2D eigenvalue weighted by Gasteiger charge is 2.23. The standard InChI is InChI=1S/C14H11IO2/c15-17-14(16)13(11-7-3-1-4-8-11)12-9-5-2-6-10-12/h1-10,13H. The van der Waals surface area contributed by atoms with Gasteiger partial charge in [0.15, 0.2) is 23.0 Å². The molecule has 0 spiro atoms. The molecule has 0 amide bonds. The second kappa shape index (κ2) is 5.82. The predicted molar refractivity (Wildman–Crippen MR) is 74.8 cm³/mol. The third-order valence-electron chi connectivity index (χ3n) is 2.58. The monoisotopic (exact) mass is 338 g/mol. The normalized spacial score (nSPS) is 10.2. The molecule has 0 unspecified atom stereocenters. The van der Waals surface area contributed by atoms with Crippen molar-refractivity contribution in [3.63, 3.8) is 0 Å². The molecule has 0 fully saturated rings. The average Bonchev–Trinajstić information content (AvgIpc) is 2.41. The summed E-state index contributed by atoms with van der Waals surface area (Å²) in [5, 5.41) is 0. The first kappa shape index (κ1) is 12.1. The van der Waals surface area contributed by atoms with Crippen molar-refractivity contribution in [1.29, 1.82) is 0 Å². The molecule has 0 heterocycles. The van der Waals surface area contributed by atoms with Crippen LogP contribution >= 0.6 is 23.0 Å². The average molecular weight is 338 g/mol. The topological polar surface area (TPSA) is 26.3 Å². The third-order valence-corrected chi connectivity index (χ3v) is 3.01. The molecule has 0 atom stereocenters. The van der Waals surface area contributed by atoms with Crippen molar-refractivity contribution in [2.75, 3.05) is 0 Å². The zero-order chi connectivity index (χ0) is 12.1. The molecular formula is C14H11IO2. The van der Waals surface area contributed by atoms with Gasteiger partial charge in [0, 0.05) is 0 Å². The summed E-state index contributed by atoms with van der Waals surface area (Å²) in [6, 6.07) is 19.3. The van der Waals surface area contributed by atoms with Gasteiger partial charge in [0.2, 0.25) is 0 Å². The fourth-order valence-electron chi connectivity index (χ4n) is 1.80. The first-order chi connectivity index (χ1) is 8.33. The Morgan fingerprint density at radius 1 is 0.882 bits per heavy atom. The van der Waals surface area contributed by atoms with Crippen LogP contribution in [0.15, 0.2) is 60.7 Å². The Hall–Kier alpha value is -1.36. The van der Waals surface area contributed by atoms with Crippen molar-refractivity contribution in [3.05, 3.63) is 71.8 Å². The van der Waals surface area contributed by atoms with Gasteiger partial charge in [-0.25, -0.2) is 0 Å². The number of carbonyl (C=O) groups is 1. The van der Waals surface area contributed by atoms with E-state index >= 15 is 0 Å². The summed E-state index contributed by atoms with van der Waals surface area (Å²) in [5.74, 6) is -0.600. The Balaban J connectivity index is 2.43. The number of carbonyl (C=O) groups excluding carboxylic acids is 1. The van der Waals surface area contributed by atoms with E-state index in [9.17, 15) is 4.79 Å². The number of hydrogen-bond acceptors (Lipinski definition) is 2. The predicted octanol–water partition coefficient (Wildman–Crippen LogP) is 3.71. The molecule has 2 aromatic rings. The molecule has 0 aromatic heterocycles. The third kappa shape index (κ3) is 2.85. The smallest absolute Gasteiger partial charge is 0.327 e. The van der Waals surface area contributed by atoms with Crippen LogP contribution in [0, 0.1) is 0 Å². The van der Waals surface area contributed by atoms with Crippen LogP contribution in [0.3, 0.4) is 0 Å². The van der Waals surface area contributed by atoms with Crippen LogP contribution in [0.1, 0.15) is 17.0 Å². The Morgan fingerprint density at radius 3 is 1.65 bits per heavy atom. The molecular weight excluding hydrogens is 327 g/mol. The van der Waals surface area contributed by atoms with E-state index in [0.717, 1.165) is 11.1 Å². The maximum Gasteiger partial charge on any atom is 0.327 e. The van der Waals surface area contributed by atoms with E-state index in [0.29, 0.717) is 0 Å². The molecule has 3 heteroatoms. The van der Waals surface area contributed by atoms with Crippen molar-refractivity contribution in [1.82, 2.24) is 0 Å². The number of halogens is 1. The highest BCUT2D eigenvalue weighted by atomic mass is 127. The van der Waals surface area contributed by atoms with Gasteiger partial charge in [0.1, 0.15) is 5.92 Å². The number of hydrogen-bond donors (Lipinski definition) is 0. The van der Waals surface area contributed by atoms with Gasteiger partial charge in [-0.1, -0.05) is 60.7 Å². The Bertz CT molecular complexity index is 443. The van der Waals surface area contributed by atoms with Gasteiger partial charge in [-0.15, -0.1) is 0 Å². The molecule has 0 saturated carbocycles.